The van der Waals surface area contributed by atoms with Gasteiger partial charge in [0.25, 0.3) is 0 Å². The van der Waals surface area contributed by atoms with E-state index < -0.39 is 0 Å². The van der Waals surface area contributed by atoms with Crippen molar-refractivity contribution in [2.24, 2.45) is 12.0 Å². The summed E-state index contributed by atoms with van der Waals surface area (Å²) in [7, 11) is 1.99. The Labute approximate surface area is 192 Å². The highest BCUT2D eigenvalue weighted by molar-refractivity contribution is 14.0. The molecule has 0 fully saturated rings. The number of aliphatic imine (C=N–C) groups is 1. The van der Waals surface area contributed by atoms with Gasteiger partial charge in [0.15, 0.2) is 5.96 Å². The molecule has 1 atom stereocenters. The minimum Gasteiger partial charge on any atom is -0.494 e. The van der Waals surface area contributed by atoms with Gasteiger partial charge >= 0.3 is 0 Å². The Kier molecular flexibility index (Phi) is 10.5. The number of rotatable bonds is 8. The molecule has 0 aliphatic heterocycles. The molecule has 0 amide bonds. The van der Waals surface area contributed by atoms with E-state index in [1.807, 2.05) is 24.7 Å². The molecule has 7 heteroatoms. The Balaban J connectivity index is 0.00000420. The SMILES string of the molecule is CCNC(=NCc1ccc(OCC)c(C)c1)NC(C)Cc1c(C)nn(C)c1C.I. The summed E-state index contributed by atoms with van der Waals surface area (Å²) in [6.07, 6.45) is 0.915. The third-order valence-corrected chi connectivity index (χ3v) is 4.86. The van der Waals surface area contributed by atoms with Crippen LogP contribution in [-0.2, 0) is 20.0 Å². The second kappa shape index (κ2) is 12.0. The molecule has 2 N–H and O–H groups in total. The van der Waals surface area contributed by atoms with Gasteiger partial charge in [-0.2, -0.15) is 5.10 Å². The van der Waals surface area contributed by atoms with E-state index >= 15 is 0 Å². The van der Waals surface area contributed by atoms with Gasteiger partial charge in [-0.25, -0.2) is 4.99 Å². The number of benzene rings is 1. The van der Waals surface area contributed by atoms with E-state index in [4.69, 9.17) is 9.73 Å². The van der Waals surface area contributed by atoms with E-state index in [9.17, 15) is 0 Å². The first-order chi connectivity index (χ1) is 13.3. The molecule has 1 unspecified atom stereocenters. The molecule has 6 nitrogen and oxygen atoms in total. The Morgan fingerprint density at radius 2 is 1.97 bits per heavy atom. The smallest absolute Gasteiger partial charge is 0.191 e. The summed E-state index contributed by atoms with van der Waals surface area (Å²) in [5.41, 5.74) is 5.94. The number of ether oxygens (including phenoxy) is 1. The lowest BCUT2D eigenvalue weighted by Crippen LogP contribution is -2.43. The van der Waals surface area contributed by atoms with Gasteiger partial charge in [0.05, 0.1) is 18.8 Å². The van der Waals surface area contributed by atoms with Crippen LogP contribution in [-0.4, -0.2) is 34.9 Å². The summed E-state index contributed by atoms with van der Waals surface area (Å²) in [5, 5.41) is 11.4. The minimum absolute atomic E-state index is 0. The molecular weight excluding hydrogens is 477 g/mol. The van der Waals surface area contributed by atoms with Crippen LogP contribution in [0.5, 0.6) is 5.75 Å². The highest BCUT2D eigenvalue weighted by Crippen LogP contribution is 2.19. The van der Waals surface area contributed by atoms with Crippen LogP contribution >= 0.6 is 24.0 Å². The van der Waals surface area contributed by atoms with Crippen molar-refractivity contribution in [2.45, 2.75) is 60.5 Å². The molecule has 1 aromatic heterocycles. The van der Waals surface area contributed by atoms with Crippen molar-refractivity contribution in [3.05, 3.63) is 46.3 Å². The van der Waals surface area contributed by atoms with Crippen molar-refractivity contribution in [3.63, 3.8) is 0 Å². The molecule has 0 saturated carbocycles. The Hall–Kier alpha value is -1.77. The second-order valence-electron chi connectivity index (χ2n) is 7.25. The third-order valence-electron chi connectivity index (χ3n) is 4.86. The number of halogens is 1. The van der Waals surface area contributed by atoms with Crippen molar-refractivity contribution >= 4 is 29.9 Å². The fourth-order valence-electron chi connectivity index (χ4n) is 3.32. The average Bonchev–Trinajstić information content (AvgIpc) is 2.88. The number of hydrogen-bond donors (Lipinski definition) is 2. The van der Waals surface area contributed by atoms with Gasteiger partial charge in [0, 0.05) is 25.3 Å². The second-order valence-corrected chi connectivity index (χ2v) is 7.25. The maximum absolute atomic E-state index is 5.62. The Morgan fingerprint density at radius 1 is 1.24 bits per heavy atom. The Morgan fingerprint density at radius 3 is 2.52 bits per heavy atom. The molecule has 0 spiro atoms. The monoisotopic (exact) mass is 513 g/mol. The molecule has 0 bridgehead atoms. The van der Waals surface area contributed by atoms with Crippen LogP contribution in [0.3, 0.4) is 0 Å². The number of nitrogens with one attached hydrogen (secondary N) is 2. The van der Waals surface area contributed by atoms with Crippen LogP contribution < -0.4 is 15.4 Å². The zero-order valence-electron chi connectivity index (χ0n) is 18.8. The minimum atomic E-state index is 0. The zero-order chi connectivity index (χ0) is 20.7. The summed E-state index contributed by atoms with van der Waals surface area (Å²) < 4.78 is 7.57. The fraction of sp³-hybridized carbons (Fsp3) is 0.545. The first-order valence-electron chi connectivity index (χ1n) is 10.1. The summed E-state index contributed by atoms with van der Waals surface area (Å²) >= 11 is 0. The largest absolute Gasteiger partial charge is 0.494 e. The van der Waals surface area contributed by atoms with Crippen LogP contribution in [0.1, 0.15) is 48.8 Å². The molecule has 0 radical (unpaired) electrons. The Bertz CT molecular complexity index is 816. The molecule has 0 saturated heterocycles. The van der Waals surface area contributed by atoms with E-state index in [2.05, 4.69) is 62.5 Å². The van der Waals surface area contributed by atoms with E-state index in [1.165, 1.54) is 16.8 Å². The quantitative estimate of drug-likeness (QED) is 0.318. The van der Waals surface area contributed by atoms with Gasteiger partial charge in [-0.15, -0.1) is 24.0 Å². The third kappa shape index (κ3) is 7.21. The van der Waals surface area contributed by atoms with Crippen LogP contribution in [0.4, 0.5) is 0 Å². The number of hydrogen-bond acceptors (Lipinski definition) is 3. The molecular formula is C22H36IN5O. The topological polar surface area (TPSA) is 63.5 Å². The molecule has 29 heavy (non-hydrogen) atoms. The summed E-state index contributed by atoms with van der Waals surface area (Å²) in [4.78, 5) is 4.76. The highest BCUT2D eigenvalue weighted by atomic mass is 127. The zero-order valence-corrected chi connectivity index (χ0v) is 21.1. The first kappa shape index (κ1) is 25.3. The maximum Gasteiger partial charge on any atom is 0.191 e. The van der Waals surface area contributed by atoms with Gasteiger partial charge in [-0.1, -0.05) is 12.1 Å². The number of aryl methyl sites for hydroxylation is 3. The van der Waals surface area contributed by atoms with Crippen molar-refractivity contribution < 1.29 is 4.74 Å². The molecule has 2 aromatic rings. The van der Waals surface area contributed by atoms with Crippen molar-refractivity contribution in [1.82, 2.24) is 20.4 Å². The molecule has 2 rings (SSSR count). The van der Waals surface area contributed by atoms with E-state index in [-0.39, 0.29) is 30.0 Å². The molecule has 1 heterocycles. The lowest BCUT2D eigenvalue weighted by atomic mass is 10.1. The standard InChI is InChI=1S/C22H35N5O.HI/c1-8-23-22(24-14-19-10-11-21(28-9-2)15(3)12-19)25-16(4)13-20-17(5)26-27(7)18(20)6;/h10-12,16H,8-9,13-14H2,1-7H3,(H2,23,24,25);1H. The molecule has 162 valence electrons. The summed E-state index contributed by atoms with van der Waals surface area (Å²) in [6, 6.07) is 6.50. The van der Waals surface area contributed by atoms with Crippen molar-refractivity contribution in [3.8, 4) is 5.75 Å². The van der Waals surface area contributed by atoms with Crippen LogP contribution in [0.25, 0.3) is 0 Å². The van der Waals surface area contributed by atoms with Crippen LogP contribution in [0, 0.1) is 20.8 Å². The van der Waals surface area contributed by atoms with Gasteiger partial charge < -0.3 is 15.4 Å². The van der Waals surface area contributed by atoms with Gasteiger partial charge in [0.2, 0.25) is 0 Å². The predicted octanol–water partition coefficient (Wildman–Crippen LogP) is 4.05. The first-order valence-corrected chi connectivity index (χ1v) is 10.1. The predicted molar refractivity (Wildman–Crippen MR) is 132 cm³/mol. The molecule has 0 aliphatic carbocycles. The van der Waals surface area contributed by atoms with E-state index in [1.54, 1.807) is 0 Å². The lowest BCUT2D eigenvalue weighted by Gasteiger charge is -2.18. The summed E-state index contributed by atoms with van der Waals surface area (Å²) in [6.45, 7) is 14.7. The van der Waals surface area contributed by atoms with Gasteiger partial charge in [0.1, 0.15) is 5.75 Å². The number of guanidine groups is 1. The normalized spacial score (nSPS) is 12.3. The van der Waals surface area contributed by atoms with Crippen LogP contribution in [0.2, 0.25) is 0 Å². The van der Waals surface area contributed by atoms with Gasteiger partial charge in [-0.3, -0.25) is 4.68 Å². The molecule has 0 aliphatic rings. The molecule has 1 aromatic carbocycles. The maximum atomic E-state index is 5.62. The lowest BCUT2D eigenvalue weighted by molar-refractivity contribution is 0.338. The van der Waals surface area contributed by atoms with Gasteiger partial charge in [-0.05, 0) is 70.7 Å². The van der Waals surface area contributed by atoms with Crippen LogP contribution in [0.15, 0.2) is 23.2 Å². The highest BCUT2D eigenvalue weighted by Gasteiger charge is 2.14. The average molecular weight is 513 g/mol. The van der Waals surface area contributed by atoms with E-state index in [0.717, 1.165) is 35.9 Å². The van der Waals surface area contributed by atoms with E-state index in [0.29, 0.717) is 13.2 Å². The fourth-order valence-corrected chi connectivity index (χ4v) is 3.32. The van der Waals surface area contributed by atoms with Crippen molar-refractivity contribution in [1.29, 1.82) is 0 Å². The van der Waals surface area contributed by atoms with Crippen molar-refractivity contribution in [2.75, 3.05) is 13.2 Å². The number of aromatic nitrogens is 2. The summed E-state index contributed by atoms with van der Waals surface area (Å²) in [5.74, 6) is 1.77. The number of nitrogens with zero attached hydrogens (tertiary/aromatic N) is 3.